The molecule has 1 nitrogen and oxygen atoms in total. The average molecular weight is 229 g/mol. The highest BCUT2D eigenvalue weighted by molar-refractivity contribution is 8.00. The standard InChI is InChI=1S/C13H27NS/c1-11(2)7-6-8-12(14-3)13-9-4-5-10-15-13/h11-14H,4-10H2,1-3H3. The summed E-state index contributed by atoms with van der Waals surface area (Å²) in [5.74, 6) is 2.24. The van der Waals surface area contributed by atoms with Crippen molar-refractivity contribution < 1.29 is 0 Å². The van der Waals surface area contributed by atoms with Crippen LogP contribution < -0.4 is 5.32 Å². The third-order valence-electron chi connectivity index (χ3n) is 3.33. The fourth-order valence-corrected chi connectivity index (χ4v) is 3.86. The van der Waals surface area contributed by atoms with Gasteiger partial charge in [0.15, 0.2) is 0 Å². The van der Waals surface area contributed by atoms with Crippen LogP contribution >= 0.6 is 11.8 Å². The van der Waals surface area contributed by atoms with Gasteiger partial charge in [0.05, 0.1) is 0 Å². The molecule has 0 amide bonds. The van der Waals surface area contributed by atoms with Gasteiger partial charge in [-0.2, -0.15) is 11.8 Å². The highest BCUT2D eigenvalue weighted by atomic mass is 32.2. The zero-order valence-corrected chi connectivity index (χ0v) is 11.4. The minimum Gasteiger partial charge on any atom is -0.316 e. The second-order valence-corrected chi connectivity index (χ2v) is 6.47. The molecule has 15 heavy (non-hydrogen) atoms. The second-order valence-electron chi connectivity index (χ2n) is 5.12. The first kappa shape index (κ1) is 13.4. The van der Waals surface area contributed by atoms with Crippen LogP contribution in [-0.4, -0.2) is 24.1 Å². The van der Waals surface area contributed by atoms with Gasteiger partial charge >= 0.3 is 0 Å². The van der Waals surface area contributed by atoms with E-state index in [1.807, 2.05) is 0 Å². The van der Waals surface area contributed by atoms with Crippen molar-refractivity contribution in [3.63, 3.8) is 0 Å². The van der Waals surface area contributed by atoms with Gasteiger partial charge in [-0.25, -0.2) is 0 Å². The van der Waals surface area contributed by atoms with Crippen molar-refractivity contribution in [2.75, 3.05) is 12.8 Å². The van der Waals surface area contributed by atoms with Gasteiger partial charge in [-0.15, -0.1) is 0 Å². The molecule has 90 valence electrons. The Kier molecular flexibility index (Phi) is 6.74. The molecule has 0 aromatic carbocycles. The summed E-state index contributed by atoms with van der Waals surface area (Å²) in [6, 6.07) is 0.758. The molecular weight excluding hydrogens is 202 g/mol. The third-order valence-corrected chi connectivity index (χ3v) is 4.85. The summed E-state index contributed by atoms with van der Waals surface area (Å²) in [6.45, 7) is 4.65. The first-order valence-electron chi connectivity index (χ1n) is 6.53. The van der Waals surface area contributed by atoms with Crippen molar-refractivity contribution in [2.24, 2.45) is 5.92 Å². The van der Waals surface area contributed by atoms with Crippen LogP contribution in [0.5, 0.6) is 0 Å². The monoisotopic (exact) mass is 229 g/mol. The van der Waals surface area contributed by atoms with Crippen LogP contribution in [0.1, 0.15) is 52.4 Å². The lowest BCUT2D eigenvalue weighted by Crippen LogP contribution is -2.37. The van der Waals surface area contributed by atoms with Gasteiger partial charge in [-0.3, -0.25) is 0 Å². The Hall–Kier alpha value is 0.310. The molecule has 1 rings (SSSR count). The minimum atomic E-state index is 0.758. The molecule has 0 bridgehead atoms. The lowest BCUT2D eigenvalue weighted by molar-refractivity contribution is 0.431. The van der Waals surface area contributed by atoms with Crippen LogP contribution in [0.2, 0.25) is 0 Å². The normalized spacial score (nSPS) is 24.4. The number of thioether (sulfide) groups is 1. The molecule has 1 fully saturated rings. The van der Waals surface area contributed by atoms with Crippen LogP contribution in [0, 0.1) is 5.92 Å². The summed E-state index contributed by atoms with van der Waals surface area (Å²) in [6.07, 6.45) is 8.45. The lowest BCUT2D eigenvalue weighted by atomic mass is 9.99. The Bertz CT molecular complexity index is 153. The molecule has 0 aliphatic carbocycles. The van der Waals surface area contributed by atoms with Crippen molar-refractivity contribution in [1.29, 1.82) is 0 Å². The van der Waals surface area contributed by atoms with Crippen molar-refractivity contribution in [2.45, 2.75) is 63.7 Å². The van der Waals surface area contributed by atoms with E-state index in [4.69, 9.17) is 0 Å². The zero-order chi connectivity index (χ0) is 11.1. The first-order chi connectivity index (χ1) is 7.24. The van der Waals surface area contributed by atoms with Crippen molar-refractivity contribution in [3.05, 3.63) is 0 Å². The number of hydrogen-bond acceptors (Lipinski definition) is 2. The molecule has 0 saturated carbocycles. The smallest absolute Gasteiger partial charge is 0.0201 e. The molecule has 2 unspecified atom stereocenters. The predicted molar refractivity (Wildman–Crippen MR) is 71.6 cm³/mol. The Balaban J connectivity index is 2.21. The number of hydrogen-bond donors (Lipinski definition) is 1. The minimum absolute atomic E-state index is 0.758. The summed E-state index contributed by atoms with van der Waals surface area (Å²) in [7, 11) is 2.13. The number of nitrogens with one attached hydrogen (secondary N) is 1. The van der Waals surface area contributed by atoms with E-state index in [0.717, 1.165) is 17.2 Å². The highest BCUT2D eigenvalue weighted by Crippen LogP contribution is 2.29. The fraction of sp³-hybridized carbons (Fsp3) is 1.00. The average Bonchev–Trinajstić information content (AvgIpc) is 2.25. The third kappa shape index (κ3) is 5.26. The summed E-state index contributed by atoms with van der Waals surface area (Å²) in [5.41, 5.74) is 0. The summed E-state index contributed by atoms with van der Waals surface area (Å²) >= 11 is 2.19. The summed E-state index contributed by atoms with van der Waals surface area (Å²) < 4.78 is 0. The largest absolute Gasteiger partial charge is 0.316 e. The molecule has 0 radical (unpaired) electrons. The lowest BCUT2D eigenvalue weighted by Gasteiger charge is -2.29. The number of rotatable bonds is 6. The van der Waals surface area contributed by atoms with Crippen molar-refractivity contribution in [3.8, 4) is 0 Å². The molecule has 2 atom stereocenters. The van der Waals surface area contributed by atoms with Gasteiger partial charge in [-0.1, -0.05) is 33.1 Å². The molecule has 1 heterocycles. The van der Waals surface area contributed by atoms with Crippen LogP contribution in [0.15, 0.2) is 0 Å². The molecule has 0 spiro atoms. The zero-order valence-electron chi connectivity index (χ0n) is 10.6. The first-order valence-corrected chi connectivity index (χ1v) is 7.57. The van der Waals surface area contributed by atoms with E-state index in [-0.39, 0.29) is 0 Å². The molecule has 1 saturated heterocycles. The Labute approximate surface area is 99.8 Å². The molecule has 0 aromatic heterocycles. The molecule has 1 N–H and O–H groups in total. The van der Waals surface area contributed by atoms with E-state index in [0.29, 0.717) is 0 Å². The van der Waals surface area contributed by atoms with E-state index in [2.05, 4.69) is 38.0 Å². The maximum atomic E-state index is 3.52. The second kappa shape index (κ2) is 7.56. The van der Waals surface area contributed by atoms with Gasteiger partial charge < -0.3 is 5.32 Å². The Morgan fingerprint density at radius 1 is 1.27 bits per heavy atom. The van der Waals surface area contributed by atoms with E-state index in [9.17, 15) is 0 Å². The van der Waals surface area contributed by atoms with E-state index in [1.54, 1.807) is 0 Å². The van der Waals surface area contributed by atoms with Crippen LogP contribution in [0.3, 0.4) is 0 Å². The summed E-state index contributed by atoms with van der Waals surface area (Å²) in [5, 5.41) is 4.41. The molecular formula is C13H27NS. The van der Waals surface area contributed by atoms with Crippen LogP contribution in [0.25, 0.3) is 0 Å². The van der Waals surface area contributed by atoms with E-state index in [1.165, 1.54) is 44.3 Å². The maximum absolute atomic E-state index is 3.52. The molecule has 1 aliphatic heterocycles. The van der Waals surface area contributed by atoms with Crippen molar-refractivity contribution >= 4 is 11.8 Å². The van der Waals surface area contributed by atoms with Crippen LogP contribution in [0.4, 0.5) is 0 Å². The van der Waals surface area contributed by atoms with Gasteiger partial charge in [0, 0.05) is 11.3 Å². The van der Waals surface area contributed by atoms with Gasteiger partial charge in [-0.05, 0) is 38.0 Å². The van der Waals surface area contributed by atoms with Gasteiger partial charge in [0.2, 0.25) is 0 Å². The summed E-state index contributed by atoms with van der Waals surface area (Å²) in [4.78, 5) is 0. The Morgan fingerprint density at radius 2 is 2.07 bits per heavy atom. The SMILES string of the molecule is CNC(CCCC(C)C)C1CCCCS1. The van der Waals surface area contributed by atoms with Crippen LogP contribution in [-0.2, 0) is 0 Å². The van der Waals surface area contributed by atoms with Gasteiger partial charge in [0.25, 0.3) is 0 Å². The van der Waals surface area contributed by atoms with Gasteiger partial charge in [0.1, 0.15) is 0 Å². The molecule has 0 aromatic rings. The molecule has 1 aliphatic rings. The molecule has 2 heteroatoms. The highest BCUT2D eigenvalue weighted by Gasteiger charge is 2.22. The quantitative estimate of drug-likeness (QED) is 0.745. The van der Waals surface area contributed by atoms with Crippen molar-refractivity contribution in [1.82, 2.24) is 5.32 Å². The predicted octanol–water partition coefficient (Wildman–Crippen LogP) is 3.69. The Morgan fingerprint density at radius 3 is 2.60 bits per heavy atom. The van der Waals surface area contributed by atoms with E-state index >= 15 is 0 Å². The van der Waals surface area contributed by atoms with E-state index < -0.39 is 0 Å². The fourth-order valence-electron chi connectivity index (χ4n) is 2.35. The maximum Gasteiger partial charge on any atom is 0.0201 e. The topological polar surface area (TPSA) is 12.0 Å².